The molecule has 108 valence electrons. The van der Waals surface area contributed by atoms with Gasteiger partial charge in [-0.05, 0) is 39.7 Å². The van der Waals surface area contributed by atoms with Crippen molar-refractivity contribution < 1.29 is 4.74 Å². The number of nitrogens with zero attached hydrogens (tertiary/aromatic N) is 1. The van der Waals surface area contributed by atoms with Gasteiger partial charge in [0.1, 0.15) is 0 Å². The van der Waals surface area contributed by atoms with Crippen LogP contribution in [0.1, 0.15) is 53.4 Å². The number of hydrogen-bond acceptors (Lipinski definition) is 3. The Morgan fingerprint density at radius 3 is 2.61 bits per heavy atom. The van der Waals surface area contributed by atoms with Crippen LogP contribution < -0.4 is 5.32 Å². The zero-order valence-electron chi connectivity index (χ0n) is 12.7. The summed E-state index contributed by atoms with van der Waals surface area (Å²) in [5.41, 5.74) is 0. The zero-order chi connectivity index (χ0) is 13.4. The second-order valence-electron chi connectivity index (χ2n) is 5.66. The van der Waals surface area contributed by atoms with E-state index in [1.165, 1.54) is 32.2 Å². The summed E-state index contributed by atoms with van der Waals surface area (Å²) >= 11 is 0. The third-order valence-electron chi connectivity index (χ3n) is 4.12. The maximum absolute atomic E-state index is 5.55. The maximum atomic E-state index is 5.55. The average molecular weight is 256 g/mol. The molecule has 1 saturated heterocycles. The van der Waals surface area contributed by atoms with Gasteiger partial charge in [0.25, 0.3) is 0 Å². The second kappa shape index (κ2) is 8.89. The number of rotatable bonds is 8. The van der Waals surface area contributed by atoms with Crippen molar-refractivity contribution >= 4 is 0 Å². The molecule has 1 N–H and O–H groups in total. The number of unbranched alkanes of at least 4 members (excludes halogenated alkanes) is 1. The van der Waals surface area contributed by atoms with Crippen LogP contribution in [0.15, 0.2) is 0 Å². The summed E-state index contributed by atoms with van der Waals surface area (Å²) in [5.74, 6) is 0. The van der Waals surface area contributed by atoms with Crippen molar-refractivity contribution in [3.8, 4) is 0 Å². The predicted octanol–water partition coefficient (Wildman–Crippen LogP) is 2.65. The van der Waals surface area contributed by atoms with E-state index in [9.17, 15) is 0 Å². The van der Waals surface area contributed by atoms with Crippen molar-refractivity contribution in [1.29, 1.82) is 0 Å². The summed E-state index contributed by atoms with van der Waals surface area (Å²) in [5, 5.41) is 3.57. The second-order valence-corrected chi connectivity index (χ2v) is 5.66. The molecule has 0 aromatic rings. The van der Waals surface area contributed by atoms with Crippen LogP contribution in [-0.4, -0.2) is 49.3 Å². The molecule has 1 heterocycles. The molecule has 0 amide bonds. The fraction of sp³-hybridized carbons (Fsp3) is 1.00. The van der Waals surface area contributed by atoms with Crippen LogP contribution >= 0.6 is 0 Å². The molecule has 3 atom stereocenters. The Balaban J connectivity index is 2.43. The molecule has 1 aliphatic rings. The van der Waals surface area contributed by atoms with E-state index >= 15 is 0 Å². The Labute approximate surface area is 113 Å². The van der Waals surface area contributed by atoms with Crippen molar-refractivity contribution in [3.63, 3.8) is 0 Å². The van der Waals surface area contributed by atoms with Crippen molar-refractivity contribution in [1.82, 2.24) is 10.2 Å². The highest BCUT2D eigenvalue weighted by Gasteiger charge is 2.23. The number of ether oxygens (including phenoxy) is 1. The maximum Gasteiger partial charge on any atom is 0.0620 e. The van der Waals surface area contributed by atoms with Gasteiger partial charge in [-0.15, -0.1) is 0 Å². The van der Waals surface area contributed by atoms with Gasteiger partial charge in [-0.1, -0.05) is 20.3 Å². The van der Waals surface area contributed by atoms with Gasteiger partial charge in [0.15, 0.2) is 0 Å². The van der Waals surface area contributed by atoms with Gasteiger partial charge < -0.3 is 10.1 Å². The Morgan fingerprint density at radius 2 is 2.06 bits per heavy atom. The number of hydrogen-bond donors (Lipinski definition) is 1. The summed E-state index contributed by atoms with van der Waals surface area (Å²) in [7, 11) is 0. The molecule has 0 spiro atoms. The molecule has 18 heavy (non-hydrogen) atoms. The summed E-state index contributed by atoms with van der Waals surface area (Å²) < 4.78 is 5.55. The van der Waals surface area contributed by atoms with Crippen LogP contribution in [0.2, 0.25) is 0 Å². The molecule has 3 heteroatoms. The van der Waals surface area contributed by atoms with Gasteiger partial charge in [0.2, 0.25) is 0 Å². The first kappa shape index (κ1) is 15.9. The smallest absolute Gasteiger partial charge is 0.0620 e. The van der Waals surface area contributed by atoms with Crippen LogP contribution in [0.5, 0.6) is 0 Å². The lowest BCUT2D eigenvalue weighted by atomic mass is 10.0. The van der Waals surface area contributed by atoms with E-state index in [4.69, 9.17) is 4.74 Å². The molecular formula is C15H32N2O. The summed E-state index contributed by atoms with van der Waals surface area (Å²) in [6, 6.07) is 1.88. The summed E-state index contributed by atoms with van der Waals surface area (Å²) in [6.45, 7) is 13.3. The van der Waals surface area contributed by atoms with Crippen molar-refractivity contribution in [3.05, 3.63) is 0 Å². The fourth-order valence-corrected chi connectivity index (χ4v) is 2.77. The zero-order valence-corrected chi connectivity index (χ0v) is 12.7. The van der Waals surface area contributed by atoms with E-state index in [0.29, 0.717) is 18.1 Å². The van der Waals surface area contributed by atoms with Crippen LogP contribution in [0, 0.1) is 0 Å². The lowest BCUT2D eigenvalue weighted by Gasteiger charge is -2.37. The van der Waals surface area contributed by atoms with Gasteiger partial charge in [-0.25, -0.2) is 0 Å². The van der Waals surface area contributed by atoms with E-state index in [2.05, 4.69) is 37.9 Å². The van der Waals surface area contributed by atoms with Crippen LogP contribution in [-0.2, 0) is 4.74 Å². The van der Waals surface area contributed by atoms with Crippen molar-refractivity contribution in [2.75, 3.05) is 26.3 Å². The quantitative estimate of drug-likeness (QED) is 0.722. The van der Waals surface area contributed by atoms with Crippen molar-refractivity contribution in [2.45, 2.75) is 71.5 Å². The van der Waals surface area contributed by atoms with Crippen LogP contribution in [0.25, 0.3) is 0 Å². The van der Waals surface area contributed by atoms with E-state index in [0.717, 1.165) is 19.8 Å². The normalized spacial score (nSPS) is 24.2. The lowest BCUT2D eigenvalue weighted by Crippen LogP contribution is -2.48. The molecule has 1 aliphatic heterocycles. The Morgan fingerprint density at radius 1 is 1.28 bits per heavy atom. The molecule has 0 aromatic heterocycles. The molecule has 1 rings (SSSR count). The molecule has 0 aliphatic carbocycles. The number of morpholine rings is 1. The SMILES string of the molecule is CCCCN(C(C)CC)C(C)CC1COCCN1. The first-order valence-corrected chi connectivity index (χ1v) is 7.75. The molecule has 3 nitrogen and oxygen atoms in total. The topological polar surface area (TPSA) is 24.5 Å². The molecule has 0 saturated carbocycles. The standard InChI is InChI=1S/C15H32N2O/c1-5-7-9-17(13(3)6-2)14(4)11-15-12-18-10-8-16-15/h13-16H,5-12H2,1-4H3. The molecule has 3 unspecified atom stereocenters. The van der Waals surface area contributed by atoms with Gasteiger partial charge >= 0.3 is 0 Å². The van der Waals surface area contributed by atoms with Crippen LogP contribution in [0.4, 0.5) is 0 Å². The Bertz CT molecular complexity index is 205. The largest absolute Gasteiger partial charge is 0.379 e. The minimum absolute atomic E-state index is 0.543. The molecule has 1 fully saturated rings. The highest BCUT2D eigenvalue weighted by molar-refractivity contribution is 4.80. The van der Waals surface area contributed by atoms with E-state index < -0.39 is 0 Å². The predicted molar refractivity (Wildman–Crippen MR) is 78.1 cm³/mol. The molecular weight excluding hydrogens is 224 g/mol. The molecule has 0 aromatic carbocycles. The van der Waals surface area contributed by atoms with E-state index in [1.807, 2.05) is 0 Å². The van der Waals surface area contributed by atoms with Crippen LogP contribution in [0.3, 0.4) is 0 Å². The fourth-order valence-electron chi connectivity index (χ4n) is 2.77. The minimum atomic E-state index is 0.543. The first-order chi connectivity index (χ1) is 8.69. The monoisotopic (exact) mass is 256 g/mol. The van der Waals surface area contributed by atoms with Crippen molar-refractivity contribution in [2.24, 2.45) is 0 Å². The molecule has 0 radical (unpaired) electrons. The lowest BCUT2D eigenvalue weighted by molar-refractivity contribution is 0.0554. The van der Waals surface area contributed by atoms with Gasteiger partial charge in [-0.2, -0.15) is 0 Å². The minimum Gasteiger partial charge on any atom is -0.379 e. The van der Waals surface area contributed by atoms with E-state index in [1.54, 1.807) is 0 Å². The third-order valence-corrected chi connectivity index (χ3v) is 4.12. The highest BCUT2D eigenvalue weighted by atomic mass is 16.5. The van der Waals surface area contributed by atoms with Gasteiger partial charge in [0, 0.05) is 24.7 Å². The van der Waals surface area contributed by atoms with Gasteiger partial charge in [-0.3, -0.25) is 4.90 Å². The highest BCUT2D eigenvalue weighted by Crippen LogP contribution is 2.15. The van der Waals surface area contributed by atoms with E-state index in [-0.39, 0.29) is 0 Å². The third kappa shape index (κ3) is 5.25. The summed E-state index contributed by atoms with van der Waals surface area (Å²) in [6.07, 6.45) is 5.03. The summed E-state index contributed by atoms with van der Waals surface area (Å²) in [4.78, 5) is 2.68. The average Bonchev–Trinajstić information content (AvgIpc) is 2.40. The van der Waals surface area contributed by atoms with Gasteiger partial charge in [0.05, 0.1) is 13.2 Å². The Kier molecular flexibility index (Phi) is 7.87. The first-order valence-electron chi connectivity index (χ1n) is 7.75. The Hall–Kier alpha value is -0.120. The molecule has 0 bridgehead atoms. The number of nitrogens with one attached hydrogen (secondary N) is 1.